The van der Waals surface area contributed by atoms with E-state index in [-0.39, 0.29) is 0 Å². The maximum Gasteiger partial charge on any atom is 0.161 e. The lowest BCUT2D eigenvalue weighted by Gasteiger charge is -2.11. The van der Waals surface area contributed by atoms with Crippen LogP contribution in [0.25, 0.3) is 23.1 Å². The van der Waals surface area contributed by atoms with Crippen molar-refractivity contribution < 1.29 is 9.47 Å². The number of fused-ring (bicyclic) bond motifs is 1. The van der Waals surface area contributed by atoms with Gasteiger partial charge in [-0.05, 0) is 65.4 Å². The molecule has 0 aliphatic carbocycles. The Hall–Kier alpha value is -4.31. The van der Waals surface area contributed by atoms with Gasteiger partial charge in [0.2, 0.25) is 0 Å². The van der Waals surface area contributed by atoms with Gasteiger partial charge in [-0.15, -0.1) is 0 Å². The molecule has 2 heterocycles. The summed E-state index contributed by atoms with van der Waals surface area (Å²) < 4.78 is 11.4. The largest absolute Gasteiger partial charge is 0.493 e. The fourth-order valence-electron chi connectivity index (χ4n) is 3.56. The van der Waals surface area contributed by atoms with Gasteiger partial charge < -0.3 is 14.5 Å². The number of hydrogen-bond acceptors (Lipinski definition) is 3. The molecular formula is C30H28N2O2. The van der Waals surface area contributed by atoms with Crippen molar-refractivity contribution in [1.29, 1.82) is 0 Å². The van der Waals surface area contributed by atoms with E-state index in [2.05, 4.69) is 53.5 Å². The highest BCUT2D eigenvalue weighted by molar-refractivity contribution is 5.82. The van der Waals surface area contributed by atoms with Gasteiger partial charge in [0, 0.05) is 17.9 Å². The molecule has 4 nitrogen and oxygen atoms in total. The van der Waals surface area contributed by atoms with Crippen LogP contribution in [0, 0.1) is 0 Å². The Labute approximate surface area is 200 Å². The summed E-state index contributed by atoms with van der Waals surface area (Å²) in [7, 11) is 1.64. The summed E-state index contributed by atoms with van der Waals surface area (Å²) in [5.74, 6) is 1.36. The van der Waals surface area contributed by atoms with Gasteiger partial charge in [-0.1, -0.05) is 66.8 Å². The minimum atomic E-state index is 0.387. The third-order valence-corrected chi connectivity index (χ3v) is 5.34. The van der Waals surface area contributed by atoms with E-state index in [4.69, 9.17) is 9.47 Å². The number of H-pyrrole nitrogens is 1. The second kappa shape index (κ2) is 11.0. The van der Waals surface area contributed by atoms with Crippen LogP contribution in [0.15, 0.2) is 110 Å². The normalized spacial score (nSPS) is 11.3. The number of hydrogen-bond donors (Lipinski definition) is 1. The topological polar surface area (TPSA) is 47.1 Å². The lowest BCUT2D eigenvalue weighted by Crippen LogP contribution is -1.99. The summed E-state index contributed by atoms with van der Waals surface area (Å²) in [5.41, 5.74) is 6.13. The second-order valence-corrected chi connectivity index (χ2v) is 8.00. The number of methoxy groups -OCH3 is 1. The molecule has 4 aromatic rings. The molecule has 4 rings (SSSR count). The SMILES string of the molecule is C=C(/C=C/c1ccc(OCc2ccccn2)c(OC)c1)CC(=C)/C=C/c1ccc2[nH]ccc2c1. The van der Waals surface area contributed by atoms with Gasteiger partial charge in [0.25, 0.3) is 0 Å². The molecule has 0 spiro atoms. The Morgan fingerprint density at radius 2 is 1.68 bits per heavy atom. The van der Waals surface area contributed by atoms with Crippen molar-refractivity contribution in [3.8, 4) is 11.5 Å². The quantitative estimate of drug-likeness (QED) is 0.257. The Morgan fingerprint density at radius 1 is 0.912 bits per heavy atom. The van der Waals surface area contributed by atoms with E-state index in [1.807, 2.05) is 60.8 Å². The number of rotatable bonds is 10. The van der Waals surface area contributed by atoms with Gasteiger partial charge in [-0.2, -0.15) is 0 Å². The first kappa shape index (κ1) is 22.9. The van der Waals surface area contributed by atoms with E-state index in [9.17, 15) is 0 Å². The highest BCUT2D eigenvalue weighted by Crippen LogP contribution is 2.29. The molecule has 0 saturated carbocycles. The van der Waals surface area contributed by atoms with Crippen molar-refractivity contribution in [1.82, 2.24) is 9.97 Å². The molecule has 170 valence electrons. The third kappa shape index (κ3) is 6.14. The molecule has 0 aliphatic rings. The highest BCUT2D eigenvalue weighted by Gasteiger charge is 2.06. The predicted molar refractivity (Wildman–Crippen MR) is 141 cm³/mol. The molecule has 0 amide bonds. The van der Waals surface area contributed by atoms with Crippen LogP contribution in [0.4, 0.5) is 0 Å². The number of ether oxygens (including phenoxy) is 2. The van der Waals surface area contributed by atoms with E-state index < -0.39 is 0 Å². The molecule has 4 heteroatoms. The number of nitrogens with one attached hydrogen (secondary N) is 1. The van der Waals surface area contributed by atoms with Crippen molar-refractivity contribution in [3.05, 3.63) is 126 Å². The second-order valence-electron chi connectivity index (χ2n) is 8.00. The number of nitrogens with zero attached hydrogens (tertiary/aromatic N) is 1. The van der Waals surface area contributed by atoms with Crippen LogP contribution >= 0.6 is 0 Å². The average molecular weight is 449 g/mol. The molecule has 34 heavy (non-hydrogen) atoms. The predicted octanol–water partition coefficient (Wildman–Crippen LogP) is 7.38. The summed E-state index contributed by atoms with van der Waals surface area (Å²) >= 11 is 0. The van der Waals surface area contributed by atoms with Crippen LogP contribution in [-0.2, 0) is 6.61 Å². The van der Waals surface area contributed by atoms with Crippen LogP contribution in [0.1, 0.15) is 23.2 Å². The molecule has 0 aliphatic heterocycles. The molecule has 2 aromatic carbocycles. The van der Waals surface area contributed by atoms with Gasteiger partial charge in [-0.25, -0.2) is 0 Å². The highest BCUT2D eigenvalue weighted by atomic mass is 16.5. The Kier molecular flexibility index (Phi) is 7.41. The van der Waals surface area contributed by atoms with Gasteiger partial charge in [0.05, 0.1) is 12.8 Å². The molecule has 1 N–H and O–H groups in total. The summed E-state index contributed by atoms with van der Waals surface area (Å²) in [5, 5.41) is 1.20. The third-order valence-electron chi connectivity index (χ3n) is 5.34. The van der Waals surface area contributed by atoms with Crippen LogP contribution in [-0.4, -0.2) is 17.1 Å². The molecular weight excluding hydrogens is 420 g/mol. The molecule has 0 fully saturated rings. The molecule has 0 saturated heterocycles. The fourth-order valence-corrected chi connectivity index (χ4v) is 3.56. The van der Waals surface area contributed by atoms with E-state index in [0.717, 1.165) is 33.5 Å². The zero-order valence-electron chi connectivity index (χ0n) is 19.3. The Balaban J connectivity index is 1.32. The number of allylic oxidation sites excluding steroid dienone is 4. The van der Waals surface area contributed by atoms with Gasteiger partial charge in [0.1, 0.15) is 6.61 Å². The smallest absolute Gasteiger partial charge is 0.161 e. The number of benzene rings is 2. The molecule has 0 unspecified atom stereocenters. The lowest BCUT2D eigenvalue weighted by atomic mass is 10.0. The Morgan fingerprint density at radius 3 is 2.41 bits per heavy atom. The van der Waals surface area contributed by atoms with E-state index >= 15 is 0 Å². The van der Waals surface area contributed by atoms with Crippen molar-refractivity contribution >= 4 is 23.1 Å². The van der Waals surface area contributed by atoms with Crippen LogP contribution < -0.4 is 9.47 Å². The van der Waals surface area contributed by atoms with Crippen LogP contribution in [0.3, 0.4) is 0 Å². The first-order valence-corrected chi connectivity index (χ1v) is 11.1. The maximum atomic E-state index is 5.88. The van der Waals surface area contributed by atoms with E-state index in [0.29, 0.717) is 24.5 Å². The van der Waals surface area contributed by atoms with Crippen molar-refractivity contribution in [2.75, 3.05) is 7.11 Å². The van der Waals surface area contributed by atoms with Crippen molar-refractivity contribution in [2.24, 2.45) is 0 Å². The summed E-state index contributed by atoms with van der Waals surface area (Å²) in [4.78, 5) is 7.49. The van der Waals surface area contributed by atoms with E-state index in [1.54, 1.807) is 13.3 Å². The first-order valence-electron chi connectivity index (χ1n) is 11.1. The number of aromatic amines is 1. The van der Waals surface area contributed by atoms with Crippen LogP contribution in [0.2, 0.25) is 0 Å². The zero-order chi connectivity index (χ0) is 23.8. The minimum Gasteiger partial charge on any atom is -0.493 e. The zero-order valence-corrected chi connectivity index (χ0v) is 19.3. The molecule has 0 radical (unpaired) electrons. The average Bonchev–Trinajstić information content (AvgIpc) is 3.34. The molecule has 0 atom stereocenters. The number of aromatic nitrogens is 2. The summed E-state index contributed by atoms with van der Waals surface area (Å²) in [6.45, 7) is 8.73. The minimum absolute atomic E-state index is 0.387. The van der Waals surface area contributed by atoms with Crippen LogP contribution in [0.5, 0.6) is 11.5 Å². The molecule has 0 bridgehead atoms. The summed E-state index contributed by atoms with van der Waals surface area (Å²) in [6, 6.07) is 20.0. The van der Waals surface area contributed by atoms with Crippen molar-refractivity contribution in [3.63, 3.8) is 0 Å². The van der Waals surface area contributed by atoms with Gasteiger partial charge in [0.15, 0.2) is 11.5 Å². The Bertz CT molecular complexity index is 1350. The first-order chi connectivity index (χ1) is 16.6. The summed E-state index contributed by atoms with van der Waals surface area (Å²) in [6.07, 6.45) is 12.6. The van der Waals surface area contributed by atoms with E-state index in [1.165, 1.54) is 5.39 Å². The number of pyridine rings is 1. The molecule has 2 aromatic heterocycles. The standard InChI is InChI=1S/C30H28N2O2/c1-22(7-9-24-11-13-28-26(19-24)15-17-32-28)18-23(2)8-10-25-12-14-29(30(20-25)33-3)34-21-27-6-4-5-16-31-27/h4-17,19-20,32H,1-2,18,21H2,3H3/b9-7+,10-8+. The fraction of sp³-hybridized carbons (Fsp3) is 0.100. The van der Waals surface area contributed by atoms with Gasteiger partial charge >= 0.3 is 0 Å². The van der Waals surface area contributed by atoms with Gasteiger partial charge in [-0.3, -0.25) is 4.98 Å². The lowest BCUT2D eigenvalue weighted by molar-refractivity contribution is 0.280. The van der Waals surface area contributed by atoms with Crippen molar-refractivity contribution in [2.45, 2.75) is 13.0 Å². The maximum absolute atomic E-state index is 5.88. The monoisotopic (exact) mass is 448 g/mol.